The summed E-state index contributed by atoms with van der Waals surface area (Å²) in [6.45, 7) is 7.50. The second kappa shape index (κ2) is 6.30. The SMILES string of the molecule is Cc1cc2nnc(SC(C(=O)NC(N)=O)C(C)C)n2c(C)n1. The molecule has 8 nitrogen and oxygen atoms in total. The van der Waals surface area contributed by atoms with Crippen molar-refractivity contribution in [2.75, 3.05) is 0 Å². The van der Waals surface area contributed by atoms with E-state index in [0.29, 0.717) is 10.8 Å². The Morgan fingerprint density at radius 1 is 1.32 bits per heavy atom. The van der Waals surface area contributed by atoms with Crippen LogP contribution in [0, 0.1) is 19.8 Å². The zero-order chi connectivity index (χ0) is 16.4. The van der Waals surface area contributed by atoms with Crippen molar-refractivity contribution in [2.45, 2.75) is 38.1 Å². The predicted octanol–water partition coefficient (Wildman–Crippen LogP) is 1.05. The highest BCUT2D eigenvalue weighted by Crippen LogP contribution is 2.28. The Morgan fingerprint density at radius 2 is 2.00 bits per heavy atom. The summed E-state index contributed by atoms with van der Waals surface area (Å²) < 4.78 is 1.78. The molecular weight excluding hydrogens is 304 g/mol. The van der Waals surface area contributed by atoms with Crippen molar-refractivity contribution in [3.05, 3.63) is 17.6 Å². The van der Waals surface area contributed by atoms with E-state index in [1.54, 1.807) is 4.40 Å². The number of rotatable bonds is 4. The lowest BCUT2D eigenvalue weighted by molar-refractivity contribution is -0.120. The number of hydrogen-bond donors (Lipinski definition) is 2. The molecule has 0 aliphatic heterocycles. The molecule has 1 unspecified atom stereocenters. The maximum Gasteiger partial charge on any atom is 0.318 e. The number of urea groups is 1. The second-order valence-corrected chi connectivity index (χ2v) is 6.37. The van der Waals surface area contributed by atoms with Crippen molar-refractivity contribution in [1.82, 2.24) is 24.9 Å². The zero-order valence-corrected chi connectivity index (χ0v) is 13.6. The minimum Gasteiger partial charge on any atom is -0.351 e. The van der Waals surface area contributed by atoms with E-state index < -0.39 is 17.2 Å². The number of hydrogen-bond acceptors (Lipinski definition) is 6. The number of thioether (sulfide) groups is 1. The van der Waals surface area contributed by atoms with Crippen LogP contribution in [0.1, 0.15) is 25.4 Å². The Hall–Kier alpha value is -2.16. The van der Waals surface area contributed by atoms with Gasteiger partial charge in [-0.05, 0) is 19.8 Å². The van der Waals surface area contributed by atoms with Crippen molar-refractivity contribution in [1.29, 1.82) is 0 Å². The zero-order valence-electron chi connectivity index (χ0n) is 12.8. The van der Waals surface area contributed by atoms with Gasteiger partial charge in [-0.15, -0.1) is 10.2 Å². The molecular formula is C13H18N6O2S. The normalized spacial score (nSPS) is 12.6. The smallest absolute Gasteiger partial charge is 0.318 e. The van der Waals surface area contributed by atoms with Gasteiger partial charge in [-0.25, -0.2) is 9.78 Å². The summed E-state index contributed by atoms with van der Waals surface area (Å²) in [7, 11) is 0. The fraction of sp³-hybridized carbons (Fsp3) is 0.462. The molecule has 0 bridgehead atoms. The molecule has 2 heterocycles. The van der Waals surface area contributed by atoms with E-state index in [9.17, 15) is 9.59 Å². The van der Waals surface area contributed by atoms with E-state index in [4.69, 9.17) is 5.73 Å². The van der Waals surface area contributed by atoms with Crippen LogP contribution in [0.3, 0.4) is 0 Å². The van der Waals surface area contributed by atoms with E-state index in [2.05, 4.69) is 20.5 Å². The first-order chi connectivity index (χ1) is 10.3. The molecule has 0 aliphatic carbocycles. The number of nitrogens with zero attached hydrogens (tertiary/aromatic N) is 4. The number of imide groups is 1. The number of carbonyl (C=O) groups excluding carboxylic acids is 2. The van der Waals surface area contributed by atoms with Crippen LogP contribution >= 0.6 is 11.8 Å². The quantitative estimate of drug-likeness (QED) is 0.813. The lowest BCUT2D eigenvalue weighted by Gasteiger charge is -2.17. The summed E-state index contributed by atoms with van der Waals surface area (Å²) >= 11 is 1.23. The second-order valence-electron chi connectivity index (χ2n) is 5.26. The summed E-state index contributed by atoms with van der Waals surface area (Å²) in [5.74, 6) is 0.276. The van der Waals surface area contributed by atoms with Gasteiger partial charge in [0.05, 0.1) is 5.25 Å². The van der Waals surface area contributed by atoms with Crippen LogP contribution in [0.2, 0.25) is 0 Å². The number of primary amides is 1. The van der Waals surface area contributed by atoms with Gasteiger partial charge in [0.25, 0.3) is 0 Å². The Morgan fingerprint density at radius 3 is 2.59 bits per heavy atom. The minimum absolute atomic E-state index is 0.0181. The van der Waals surface area contributed by atoms with E-state index in [-0.39, 0.29) is 5.92 Å². The average molecular weight is 322 g/mol. The highest BCUT2D eigenvalue weighted by Gasteiger charge is 2.27. The molecule has 3 N–H and O–H groups in total. The van der Waals surface area contributed by atoms with Gasteiger partial charge in [0.2, 0.25) is 5.91 Å². The topological polar surface area (TPSA) is 115 Å². The standard InChI is InChI=1S/C13H18N6O2S/c1-6(2)10(11(20)16-12(14)21)22-13-18-17-9-5-7(3)15-8(4)19(9)13/h5-6,10H,1-4H3,(H3,14,16,20,21). The predicted molar refractivity (Wildman–Crippen MR) is 82.5 cm³/mol. The average Bonchev–Trinajstić information content (AvgIpc) is 2.77. The van der Waals surface area contributed by atoms with Gasteiger partial charge in [0.15, 0.2) is 10.8 Å². The highest BCUT2D eigenvalue weighted by molar-refractivity contribution is 8.00. The van der Waals surface area contributed by atoms with Crippen molar-refractivity contribution in [3.8, 4) is 0 Å². The molecule has 22 heavy (non-hydrogen) atoms. The molecule has 3 amide bonds. The van der Waals surface area contributed by atoms with Gasteiger partial charge < -0.3 is 5.73 Å². The van der Waals surface area contributed by atoms with Gasteiger partial charge in [-0.1, -0.05) is 25.6 Å². The van der Waals surface area contributed by atoms with Gasteiger partial charge in [-0.3, -0.25) is 14.5 Å². The molecule has 0 fully saturated rings. The first kappa shape index (κ1) is 16.2. The third-order valence-corrected chi connectivity index (χ3v) is 4.49. The van der Waals surface area contributed by atoms with Crippen LogP contribution in [0.4, 0.5) is 4.79 Å². The fourth-order valence-corrected chi connectivity index (χ4v) is 3.16. The first-order valence-corrected chi connectivity index (χ1v) is 7.64. The highest BCUT2D eigenvalue weighted by atomic mass is 32.2. The summed E-state index contributed by atoms with van der Waals surface area (Å²) in [5, 5.41) is 10.4. The summed E-state index contributed by atoms with van der Waals surface area (Å²) in [4.78, 5) is 27.3. The largest absolute Gasteiger partial charge is 0.351 e. The van der Waals surface area contributed by atoms with Gasteiger partial charge in [0.1, 0.15) is 5.82 Å². The minimum atomic E-state index is -0.865. The number of aromatic nitrogens is 4. The van der Waals surface area contributed by atoms with Crippen LogP contribution in [-0.4, -0.2) is 36.8 Å². The van der Waals surface area contributed by atoms with Crippen molar-refractivity contribution in [2.24, 2.45) is 11.7 Å². The van der Waals surface area contributed by atoms with Crippen molar-refractivity contribution in [3.63, 3.8) is 0 Å². The molecule has 0 spiro atoms. The maximum absolute atomic E-state index is 12.1. The Balaban J connectivity index is 2.35. The summed E-state index contributed by atoms with van der Waals surface area (Å²) in [6, 6.07) is 0.952. The van der Waals surface area contributed by atoms with E-state index in [1.165, 1.54) is 11.8 Å². The van der Waals surface area contributed by atoms with Crippen molar-refractivity contribution >= 4 is 29.3 Å². The summed E-state index contributed by atoms with van der Waals surface area (Å²) in [6.07, 6.45) is 0. The molecule has 1 atom stereocenters. The molecule has 0 aliphatic rings. The molecule has 0 saturated heterocycles. The van der Waals surface area contributed by atoms with Crippen molar-refractivity contribution < 1.29 is 9.59 Å². The molecule has 0 saturated carbocycles. The Kier molecular flexibility index (Phi) is 4.65. The third kappa shape index (κ3) is 3.35. The van der Waals surface area contributed by atoms with Gasteiger partial charge in [-0.2, -0.15) is 0 Å². The Labute approximate surface area is 131 Å². The van der Waals surface area contributed by atoms with Gasteiger partial charge >= 0.3 is 6.03 Å². The molecule has 2 rings (SSSR count). The van der Waals surface area contributed by atoms with E-state index >= 15 is 0 Å². The lowest BCUT2D eigenvalue weighted by atomic mass is 10.1. The number of fused-ring (bicyclic) bond motifs is 1. The summed E-state index contributed by atoms with van der Waals surface area (Å²) in [5.41, 5.74) is 6.53. The fourth-order valence-electron chi connectivity index (χ4n) is 2.08. The molecule has 118 valence electrons. The Bertz CT molecular complexity index is 727. The third-order valence-electron chi connectivity index (χ3n) is 3.00. The maximum atomic E-state index is 12.1. The van der Waals surface area contributed by atoms with Gasteiger partial charge in [0, 0.05) is 11.8 Å². The van der Waals surface area contributed by atoms with Crippen LogP contribution in [0.15, 0.2) is 11.2 Å². The first-order valence-electron chi connectivity index (χ1n) is 6.76. The van der Waals surface area contributed by atoms with Crippen LogP contribution in [0.5, 0.6) is 0 Å². The number of nitrogens with two attached hydrogens (primary N) is 1. The number of aryl methyl sites for hydroxylation is 2. The van der Waals surface area contributed by atoms with E-state index in [1.807, 2.05) is 33.8 Å². The molecule has 2 aromatic heterocycles. The monoisotopic (exact) mass is 322 g/mol. The molecule has 0 aromatic carbocycles. The van der Waals surface area contributed by atoms with Crippen LogP contribution in [-0.2, 0) is 4.79 Å². The number of nitrogens with one attached hydrogen (secondary N) is 1. The molecule has 0 radical (unpaired) electrons. The molecule has 2 aromatic rings. The van der Waals surface area contributed by atoms with E-state index in [0.717, 1.165) is 11.5 Å². The lowest BCUT2D eigenvalue weighted by Crippen LogP contribution is -2.42. The number of carbonyl (C=O) groups is 2. The molecule has 9 heteroatoms. The number of amides is 3. The van der Waals surface area contributed by atoms with Crippen LogP contribution < -0.4 is 11.1 Å². The van der Waals surface area contributed by atoms with Crippen LogP contribution in [0.25, 0.3) is 5.65 Å².